The topological polar surface area (TPSA) is 78.3 Å². The lowest BCUT2D eigenvalue weighted by molar-refractivity contribution is 0.0741. The number of carbonyl (C=O) groups is 1. The molecule has 6 heteroatoms. The Hall–Kier alpha value is -3.12. The molecular formula is C23H20N2O3S. The molecule has 0 fully saturated rings. The zero-order valence-corrected chi connectivity index (χ0v) is 16.8. The van der Waals surface area contributed by atoms with Gasteiger partial charge in [0, 0.05) is 5.39 Å². The minimum Gasteiger partial charge on any atom is -0.463 e. The molecule has 5 rings (SSSR count). The van der Waals surface area contributed by atoms with Crippen LogP contribution in [0, 0.1) is 6.92 Å². The van der Waals surface area contributed by atoms with Gasteiger partial charge in [0.15, 0.2) is 5.76 Å². The molecule has 0 atom stereocenters. The number of pyridine rings is 1. The fraction of sp³-hybridized carbons (Fsp3) is 0.217. The summed E-state index contributed by atoms with van der Waals surface area (Å²) >= 11 is 1.29. The molecule has 1 aliphatic carbocycles. The van der Waals surface area contributed by atoms with Crippen molar-refractivity contribution in [3.05, 3.63) is 64.2 Å². The van der Waals surface area contributed by atoms with E-state index in [4.69, 9.17) is 19.9 Å². The second-order valence-corrected chi connectivity index (χ2v) is 8.33. The molecule has 0 amide bonds. The largest absolute Gasteiger partial charge is 0.463 e. The number of nitrogens with zero attached hydrogens (tertiary/aromatic N) is 1. The molecule has 146 valence electrons. The van der Waals surface area contributed by atoms with Gasteiger partial charge in [-0.15, -0.1) is 11.3 Å². The van der Waals surface area contributed by atoms with Crippen LogP contribution in [0.4, 0.5) is 5.69 Å². The molecule has 0 saturated heterocycles. The number of anilines is 1. The Morgan fingerprint density at radius 3 is 2.76 bits per heavy atom. The van der Waals surface area contributed by atoms with E-state index in [1.54, 1.807) is 12.3 Å². The second kappa shape index (κ2) is 7.04. The number of ether oxygens (including phenoxy) is 1. The number of hydrogen-bond acceptors (Lipinski definition) is 6. The van der Waals surface area contributed by atoms with Crippen molar-refractivity contribution in [2.24, 2.45) is 0 Å². The maximum absolute atomic E-state index is 12.9. The highest BCUT2D eigenvalue weighted by Crippen LogP contribution is 2.42. The van der Waals surface area contributed by atoms with Gasteiger partial charge < -0.3 is 14.9 Å². The summed E-state index contributed by atoms with van der Waals surface area (Å²) in [7, 11) is 0. The molecule has 29 heavy (non-hydrogen) atoms. The predicted molar refractivity (Wildman–Crippen MR) is 115 cm³/mol. The average molecular weight is 404 g/mol. The monoisotopic (exact) mass is 404 g/mol. The number of nitrogen functional groups attached to an aromatic ring is 1. The minimum absolute atomic E-state index is 0.401. The minimum atomic E-state index is -0.444. The van der Waals surface area contributed by atoms with Crippen LogP contribution in [0.15, 0.2) is 47.1 Å². The van der Waals surface area contributed by atoms with Gasteiger partial charge in [0.2, 0.25) is 0 Å². The van der Waals surface area contributed by atoms with E-state index in [-0.39, 0.29) is 0 Å². The third-order valence-electron chi connectivity index (χ3n) is 5.34. The zero-order chi connectivity index (χ0) is 20.0. The lowest BCUT2D eigenvalue weighted by atomic mass is 9.88. The summed E-state index contributed by atoms with van der Waals surface area (Å²) in [6, 6.07) is 11.2. The molecule has 1 aromatic carbocycles. The molecule has 0 saturated carbocycles. The van der Waals surface area contributed by atoms with E-state index < -0.39 is 5.97 Å². The van der Waals surface area contributed by atoms with E-state index in [9.17, 15) is 4.79 Å². The molecule has 0 bridgehead atoms. The molecule has 3 heterocycles. The van der Waals surface area contributed by atoms with Gasteiger partial charge in [0.05, 0.1) is 12.0 Å². The van der Waals surface area contributed by atoms with Crippen molar-refractivity contribution >= 4 is 33.2 Å². The first-order chi connectivity index (χ1) is 14.1. The van der Waals surface area contributed by atoms with E-state index >= 15 is 0 Å². The molecule has 3 aromatic heterocycles. The number of thiophene rings is 1. The molecule has 0 spiro atoms. The molecule has 0 radical (unpaired) electrons. The standard InChI is InChI=1S/C23H20N2O3S/c1-13-6-4-7-14(12-13)28-23(26)21-19(24)18-15-8-2-3-9-16(15)20(25-22(18)29-21)17-10-5-11-27-17/h4-7,10-12H,2-3,8-9,24H2,1H3. The van der Waals surface area contributed by atoms with E-state index in [0.29, 0.717) is 16.3 Å². The van der Waals surface area contributed by atoms with Crippen LogP contribution in [0.5, 0.6) is 5.75 Å². The molecule has 1 aliphatic rings. The quantitative estimate of drug-likeness (QED) is 0.358. The Kier molecular flexibility index (Phi) is 4.36. The summed E-state index contributed by atoms with van der Waals surface area (Å²) in [6.07, 6.45) is 5.73. The molecule has 5 nitrogen and oxygen atoms in total. The Labute approximate surface area is 172 Å². The van der Waals surface area contributed by atoms with Crippen molar-refractivity contribution in [1.29, 1.82) is 0 Å². The second-order valence-electron chi connectivity index (χ2n) is 7.33. The van der Waals surface area contributed by atoms with Gasteiger partial charge in [-0.1, -0.05) is 12.1 Å². The number of aromatic nitrogens is 1. The van der Waals surface area contributed by atoms with Gasteiger partial charge in [-0.3, -0.25) is 0 Å². The molecule has 0 aliphatic heterocycles. The number of nitrogens with two attached hydrogens (primary N) is 1. The van der Waals surface area contributed by atoms with Crippen molar-refractivity contribution in [2.75, 3.05) is 5.73 Å². The van der Waals surface area contributed by atoms with Crippen LogP contribution < -0.4 is 10.5 Å². The van der Waals surface area contributed by atoms with Crippen LogP contribution in [0.3, 0.4) is 0 Å². The summed E-state index contributed by atoms with van der Waals surface area (Å²) < 4.78 is 11.2. The highest BCUT2D eigenvalue weighted by molar-refractivity contribution is 7.21. The van der Waals surface area contributed by atoms with Crippen molar-refractivity contribution in [2.45, 2.75) is 32.6 Å². The number of carbonyl (C=O) groups excluding carboxylic acids is 1. The zero-order valence-electron chi connectivity index (χ0n) is 16.0. The van der Waals surface area contributed by atoms with Crippen LogP contribution in [0.1, 0.15) is 39.2 Å². The van der Waals surface area contributed by atoms with Gasteiger partial charge in [-0.2, -0.15) is 0 Å². The Morgan fingerprint density at radius 2 is 2.00 bits per heavy atom. The maximum Gasteiger partial charge on any atom is 0.355 e. The highest BCUT2D eigenvalue weighted by atomic mass is 32.1. The van der Waals surface area contributed by atoms with Crippen LogP contribution in [-0.2, 0) is 12.8 Å². The van der Waals surface area contributed by atoms with Crippen molar-refractivity contribution in [1.82, 2.24) is 4.98 Å². The Morgan fingerprint density at radius 1 is 1.17 bits per heavy atom. The fourth-order valence-corrected chi connectivity index (χ4v) is 5.02. The number of fused-ring (bicyclic) bond motifs is 3. The molecule has 4 aromatic rings. The molecule has 0 unspecified atom stereocenters. The third-order valence-corrected chi connectivity index (χ3v) is 6.41. The van der Waals surface area contributed by atoms with Gasteiger partial charge in [-0.05, 0) is 73.6 Å². The smallest absolute Gasteiger partial charge is 0.355 e. The normalized spacial score (nSPS) is 13.4. The average Bonchev–Trinajstić information content (AvgIpc) is 3.36. The predicted octanol–water partition coefficient (Wildman–Crippen LogP) is 5.54. The summed E-state index contributed by atoms with van der Waals surface area (Å²) in [5.74, 6) is 0.819. The fourth-order valence-electron chi connectivity index (χ4n) is 4.01. The number of benzene rings is 1. The van der Waals surface area contributed by atoms with E-state index in [2.05, 4.69) is 0 Å². The molecule has 2 N–H and O–H groups in total. The maximum atomic E-state index is 12.9. The van der Waals surface area contributed by atoms with E-state index in [1.807, 2.05) is 37.3 Å². The van der Waals surface area contributed by atoms with Gasteiger partial charge >= 0.3 is 5.97 Å². The first-order valence-corrected chi connectivity index (χ1v) is 10.5. The first kappa shape index (κ1) is 17.9. The third kappa shape index (κ3) is 3.09. The number of aryl methyl sites for hydroxylation is 2. The summed E-state index contributed by atoms with van der Waals surface area (Å²) in [5, 5.41) is 0.899. The van der Waals surface area contributed by atoms with Crippen molar-refractivity contribution in [3.63, 3.8) is 0 Å². The number of furan rings is 1. The van der Waals surface area contributed by atoms with Crippen LogP contribution in [-0.4, -0.2) is 11.0 Å². The van der Waals surface area contributed by atoms with E-state index in [1.165, 1.54) is 22.5 Å². The van der Waals surface area contributed by atoms with Gasteiger partial charge in [0.1, 0.15) is 21.2 Å². The Balaban J connectivity index is 1.63. The Bertz CT molecular complexity index is 1220. The summed E-state index contributed by atoms with van der Waals surface area (Å²) in [4.78, 5) is 18.9. The number of esters is 1. The summed E-state index contributed by atoms with van der Waals surface area (Å²) in [5.41, 5.74) is 11.2. The van der Waals surface area contributed by atoms with Crippen molar-refractivity contribution < 1.29 is 13.9 Å². The van der Waals surface area contributed by atoms with Gasteiger partial charge in [-0.25, -0.2) is 9.78 Å². The van der Waals surface area contributed by atoms with Crippen LogP contribution in [0.2, 0.25) is 0 Å². The van der Waals surface area contributed by atoms with Crippen LogP contribution in [0.25, 0.3) is 21.7 Å². The first-order valence-electron chi connectivity index (χ1n) is 9.68. The lowest BCUT2D eigenvalue weighted by Gasteiger charge is -2.19. The number of rotatable bonds is 3. The molecular weight excluding hydrogens is 384 g/mol. The van der Waals surface area contributed by atoms with E-state index in [0.717, 1.165) is 52.9 Å². The SMILES string of the molecule is Cc1cccc(OC(=O)c2sc3nc(-c4ccco4)c4c(c3c2N)CCCC4)c1. The van der Waals surface area contributed by atoms with Gasteiger partial charge in [0.25, 0.3) is 0 Å². The lowest BCUT2D eigenvalue weighted by Crippen LogP contribution is -2.10. The highest BCUT2D eigenvalue weighted by Gasteiger charge is 2.27. The van der Waals surface area contributed by atoms with Crippen molar-refractivity contribution in [3.8, 4) is 17.2 Å². The van der Waals surface area contributed by atoms with Crippen LogP contribution >= 0.6 is 11.3 Å². The number of hydrogen-bond donors (Lipinski definition) is 1. The summed E-state index contributed by atoms with van der Waals surface area (Å²) in [6.45, 7) is 1.96.